The van der Waals surface area contributed by atoms with Gasteiger partial charge in [0.15, 0.2) is 0 Å². The zero-order chi connectivity index (χ0) is 23.8. The van der Waals surface area contributed by atoms with Crippen molar-refractivity contribution in [3.63, 3.8) is 0 Å². The lowest BCUT2D eigenvalue weighted by Crippen LogP contribution is -2.41. The summed E-state index contributed by atoms with van der Waals surface area (Å²) in [4.78, 5) is 24.7. The Kier molecular flexibility index (Phi) is 8.75. The van der Waals surface area contributed by atoms with Crippen LogP contribution in [0, 0.1) is 11.8 Å². The van der Waals surface area contributed by atoms with Crippen LogP contribution in [-0.2, 0) is 16.0 Å². The molecule has 1 atom stereocenters. The van der Waals surface area contributed by atoms with Crippen molar-refractivity contribution in [2.24, 2.45) is 11.8 Å². The van der Waals surface area contributed by atoms with Crippen LogP contribution in [0.2, 0.25) is 0 Å². The molecule has 1 saturated heterocycles. The van der Waals surface area contributed by atoms with E-state index in [0.717, 1.165) is 37.8 Å². The van der Waals surface area contributed by atoms with Crippen LogP contribution in [0.25, 0.3) is 0 Å². The number of allylic oxidation sites excluding steroid dienone is 4. The molecule has 1 aliphatic carbocycles. The lowest BCUT2D eigenvalue weighted by Gasteiger charge is -2.33. The SMILES string of the molecule is C/C=C(/NCC1CCN(C(=O)CCC(=O)O)CC1)C1C=CC(C)=C1CCc1ccccc1O. The van der Waals surface area contributed by atoms with Crippen LogP contribution in [-0.4, -0.2) is 46.6 Å². The molecule has 1 amide bonds. The molecule has 1 fully saturated rings. The molecular formula is C27H36N2O4. The van der Waals surface area contributed by atoms with E-state index in [1.807, 2.05) is 18.2 Å². The Bertz CT molecular complexity index is 939. The summed E-state index contributed by atoms with van der Waals surface area (Å²) in [6.07, 6.45) is 10.1. The first-order valence-electron chi connectivity index (χ1n) is 11.9. The highest BCUT2D eigenvalue weighted by Crippen LogP contribution is 2.34. The number of para-hydroxylation sites is 1. The summed E-state index contributed by atoms with van der Waals surface area (Å²) < 4.78 is 0. The average Bonchev–Trinajstić information content (AvgIpc) is 3.18. The van der Waals surface area contributed by atoms with Crippen LogP contribution in [0.5, 0.6) is 5.75 Å². The molecule has 0 radical (unpaired) electrons. The molecule has 3 N–H and O–H groups in total. The fourth-order valence-corrected chi connectivity index (χ4v) is 4.76. The number of phenols is 1. The van der Waals surface area contributed by atoms with Gasteiger partial charge in [0.2, 0.25) is 5.91 Å². The van der Waals surface area contributed by atoms with Crippen molar-refractivity contribution in [3.05, 3.63) is 64.9 Å². The van der Waals surface area contributed by atoms with E-state index in [2.05, 4.69) is 37.4 Å². The number of likely N-dealkylation sites (tertiary alicyclic amines) is 1. The van der Waals surface area contributed by atoms with E-state index in [0.29, 0.717) is 24.8 Å². The molecule has 1 unspecified atom stereocenters. The van der Waals surface area contributed by atoms with Crippen molar-refractivity contribution in [2.75, 3.05) is 19.6 Å². The third kappa shape index (κ3) is 6.73. The second-order valence-corrected chi connectivity index (χ2v) is 9.02. The second-order valence-electron chi connectivity index (χ2n) is 9.02. The largest absolute Gasteiger partial charge is 0.508 e. The highest BCUT2D eigenvalue weighted by atomic mass is 16.4. The summed E-state index contributed by atoms with van der Waals surface area (Å²) in [5.74, 6) is 0.105. The van der Waals surface area contributed by atoms with Crippen molar-refractivity contribution in [3.8, 4) is 5.75 Å². The first-order valence-corrected chi connectivity index (χ1v) is 11.9. The standard InChI is InChI=1S/C27H36N2O4/c1-3-24(28-18-20-14-16-29(17-15-20)26(31)12-13-27(32)33)23-10-8-19(2)22(23)11-9-21-6-4-5-7-25(21)30/h3-8,10,20,23,28,30H,9,11-18H2,1-2H3,(H,32,33)/b24-3+. The van der Waals surface area contributed by atoms with Gasteiger partial charge in [0.25, 0.3) is 0 Å². The van der Waals surface area contributed by atoms with Crippen molar-refractivity contribution >= 4 is 11.9 Å². The second kappa shape index (κ2) is 11.7. The van der Waals surface area contributed by atoms with Gasteiger partial charge in [-0.15, -0.1) is 0 Å². The van der Waals surface area contributed by atoms with Crippen LogP contribution < -0.4 is 5.32 Å². The molecule has 6 heteroatoms. The highest BCUT2D eigenvalue weighted by Gasteiger charge is 2.25. The molecule has 33 heavy (non-hydrogen) atoms. The van der Waals surface area contributed by atoms with Crippen LogP contribution in [0.4, 0.5) is 0 Å². The first-order chi connectivity index (χ1) is 15.9. The molecule has 2 aliphatic rings. The van der Waals surface area contributed by atoms with Crippen molar-refractivity contribution in [1.82, 2.24) is 10.2 Å². The average molecular weight is 453 g/mol. The molecule has 3 rings (SSSR count). The van der Waals surface area contributed by atoms with E-state index in [9.17, 15) is 14.7 Å². The van der Waals surface area contributed by atoms with Crippen LogP contribution in [0.15, 0.2) is 59.3 Å². The normalized spacial score (nSPS) is 19.3. The van der Waals surface area contributed by atoms with Gasteiger partial charge in [-0.1, -0.05) is 47.6 Å². The number of aliphatic carboxylic acids is 1. The number of nitrogens with one attached hydrogen (secondary N) is 1. The number of hydrogen-bond donors (Lipinski definition) is 3. The van der Waals surface area contributed by atoms with Crippen LogP contribution in [0.3, 0.4) is 0 Å². The van der Waals surface area contributed by atoms with Gasteiger partial charge in [-0.25, -0.2) is 0 Å². The Hall–Kier alpha value is -3.02. The molecule has 1 aromatic rings. The van der Waals surface area contributed by atoms with Gasteiger partial charge in [0.1, 0.15) is 5.75 Å². The third-order valence-electron chi connectivity index (χ3n) is 6.84. The summed E-state index contributed by atoms with van der Waals surface area (Å²) in [6.45, 7) is 6.48. The Balaban J connectivity index is 1.49. The zero-order valence-corrected chi connectivity index (χ0v) is 19.7. The number of carbonyl (C=O) groups excluding carboxylic acids is 1. The number of phenolic OH excluding ortho intramolecular Hbond substituents is 1. The van der Waals surface area contributed by atoms with Crippen molar-refractivity contribution in [2.45, 2.75) is 52.4 Å². The Morgan fingerprint density at radius 3 is 2.55 bits per heavy atom. The number of piperidine rings is 1. The van der Waals surface area contributed by atoms with E-state index < -0.39 is 5.97 Å². The predicted molar refractivity (Wildman–Crippen MR) is 130 cm³/mol. The number of hydrogen-bond acceptors (Lipinski definition) is 4. The van der Waals surface area contributed by atoms with Gasteiger partial charge in [0, 0.05) is 37.7 Å². The third-order valence-corrected chi connectivity index (χ3v) is 6.84. The summed E-state index contributed by atoms with van der Waals surface area (Å²) in [5.41, 5.74) is 4.86. The monoisotopic (exact) mass is 452 g/mol. The molecule has 0 bridgehead atoms. The van der Waals surface area contributed by atoms with Crippen molar-refractivity contribution < 1.29 is 19.8 Å². The number of amides is 1. The minimum atomic E-state index is -0.925. The maximum absolute atomic E-state index is 12.2. The molecule has 178 valence electrons. The first kappa shape index (κ1) is 24.6. The molecule has 1 aliphatic heterocycles. The summed E-state index contributed by atoms with van der Waals surface area (Å²) in [7, 11) is 0. The van der Waals surface area contributed by atoms with Gasteiger partial charge in [0.05, 0.1) is 6.42 Å². The predicted octanol–water partition coefficient (Wildman–Crippen LogP) is 4.42. The molecule has 6 nitrogen and oxygen atoms in total. The summed E-state index contributed by atoms with van der Waals surface area (Å²) in [5, 5.41) is 22.5. The number of aromatic hydroxyl groups is 1. The Morgan fingerprint density at radius 1 is 1.15 bits per heavy atom. The lowest BCUT2D eigenvalue weighted by molar-refractivity contribution is -0.141. The topological polar surface area (TPSA) is 89.9 Å². The van der Waals surface area contributed by atoms with E-state index in [1.165, 1.54) is 16.8 Å². The van der Waals surface area contributed by atoms with E-state index >= 15 is 0 Å². The van der Waals surface area contributed by atoms with Gasteiger partial charge in [-0.05, 0) is 57.1 Å². The summed E-state index contributed by atoms with van der Waals surface area (Å²) >= 11 is 0. The van der Waals surface area contributed by atoms with Gasteiger partial charge >= 0.3 is 5.97 Å². The molecule has 0 spiro atoms. The van der Waals surface area contributed by atoms with Crippen LogP contribution in [0.1, 0.15) is 51.5 Å². The maximum atomic E-state index is 12.2. The molecule has 1 heterocycles. The lowest BCUT2D eigenvalue weighted by atomic mass is 9.90. The number of benzene rings is 1. The highest BCUT2D eigenvalue weighted by molar-refractivity contribution is 5.80. The number of carboxylic acids is 1. The molecule has 0 aromatic heterocycles. The smallest absolute Gasteiger partial charge is 0.303 e. The van der Waals surface area contributed by atoms with Gasteiger partial charge in [-0.3, -0.25) is 9.59 Å². The minimum absolute atomic E-state index is 0.0521. The van der Waals surface area contributed by atoms with Crippen molar-refractivity contribution in [1.29, 1.82) is 0 Å². The molecular weight excluding hydrogens is 416 g/mol. The molecule has 0 saturated carbocycles. The maximum Gasteiger partial charge on any atom is 0.303 e. The number of carbonyl (C=O) groups is 2. The van der Waals surface area contributed by atoms with Gasteiger partial charge in [-0.2, -0.15) is 0 Å². The fraction of sp³-hybridized carbons (Fsp3) is 0.481. The molecule has 1 aromatic carbocycles. The zero-order valence-electron chi connectivity index (χ0n) is 19.7. The number of rotatable bonds is 10. The number of carboxylic acid groups (broad SMARTS) is 1. The quantitative estimate of drug-likeness (QED) is 0.489. The van der Waals surface area contributed by atoms with E-state index in [1.54, 1.807) is 11.0 Å². The van der Waals surface area contributed by atoms with Crippen LogP contribution >= 0.6 is 0 Å². The summed E-state index contributed by atoms with van der Waals surface area (Å²) in [6, 6.07) is 7.54. The fourth-order valence-electron chi connectivity index (χ4n) is 4.76. The minimum Gasteiger partial charge on any atom is -0.508 e. The number of nitrogens with zero attached hydrogens (tertiary/aromatic N) is 1. The van der Waals surface area contributed by atoms with E-state index in [4.69, 9.17) is 5.11 Å². The Labute approximate surface area is 196 Å². The number of aryl methyl sites for hydroxylation is 1. The van der Waals surface area contributed by atoms with Gasteiger partial charge < -0.3 is 20.4 Å². The van der Waals surface area contributed by atoms with E-state index in [-0.39, 0.29) is 24.7 Å². The Morgan fingerprint density at radius 2 is 1.88 bits per heavy atom.